The molecule has 0 bridgehead atoms. The van der Waals surface area contributed by atoms with Gasteiger partial charge in [-0.05, 0) is 31.0 Å². The molecule has 0 saturated heterocycles. The number of Topliss-reactive ketones (excluding diaryl/α,β-unsaturated/α-hetero) is 1. The lowest BCUT2D eigenvalue weighted by Crippen LogP contribution is -2.32. The van der Waals surface area contributed by atoms with Gasteiger partial charge in [-0.1, -0.05) is 42.0 Å². The summed E-state index contributed by atoms with van der Waals surface area (Å²) in [6, 6.07) is 12.9. The molecule has 2 rings (SSSR count). The van der Waals surface area contributed by atoms with Crippen molar-refractivity contribution < 1.29 is 14.0 Å². The van der Waals surface area contributed by atoms with Gasteiger partial charge in [0.2, 0.25) is 5.78 Å². The summed E-state index contributed by atoms with van der Waals surface area (Å²) in [5, 5.41) is 2.58. The fourth-order valence-corrected chi connectivity index (χ4v) is 1.89. The average Bonchev–Trinajstić information content (AvgIpc) is 2.49. The SMILES string of the molecule is Cc1ccc(C(=O)C(=O)NCCc2ccc(F)cc2)cc1. The van der Waals surface area contributed by atoms with Crippen molar-refractivity contribution >= 4 is 11.7 Å². The van der Waals surface area contributed by atoms with E-state index in [0.717, 1.165) is 11.1 Å². The van der Waals surface area contributed by atoms with Gasteiger partial charge in [0.25, 0.3) is 5.91 Å². The van der Waals surface area contributed by atoms with Crippen molar-refractivity contribution in [3.63, 3.8) is 0 Å². The van der Waals surface area contributed by atoms with Crippen LogP contribution in [-0.2, 0) is 11.2 Å². The molecule has 2 aromatic carbocycles. The van der Waals surface area contributed by atoms with Crippen LogP contribution >= 0.6 is 0 Å². The maximum absolute atomic E-state index is 12.7. The van der Waals surface area contributed by atoms with E-state index in [4.69, 9.17) is 0 Å². The molecule has 0 aromatic heterocycles. The first-order valence-electron chi connectivity index (χ1n) is 6.70. The highest BCUT2D eigenvalue weighted by molar-refractivity contribution is 6.42. The highest BCUT2D eigenvalue weighted by atomic mass is 19.1. The van der Waals surface area contributed by atoms with Crippen LogP contribution < -0.4 is 5.32 Å². The maximum Gasteiger partial charge on any atom is 0.292 e. The van der Waals surface area contributed by atoms with Crippen molar-refractivity contribution in [1.82, 2.24) is 5.32 Å². The Morgan fingerprint density at radius 2 is 1.62 bits per heavy atom. The Labute approximate surface area is 122 Å². The third-order valence-corrected chi connectivity index (χ3v) is 3.13. The second-order valence-corrected chi connectivity index (χ2v) is 4.83. The Morgan fingerprint density at radius 1 is 1.00 bits per heavy atom. The van der Waals surface area contributed by atoms with E-state index in [-0.39, 0.29) is 5.82 Å². The van der Waals surface area contributed by atoms with E-state index in [1.54, 1.807) is 36.4 Å². The number of carbonyl (C=O) groups is 2. The molecule has 1 N–H and O–H groups in total. The molecule has 0 heterocycles. The molecule has 1 amide bonds. The minimum atomic E-state index is -0.624. The molecule has 2 aromatic rings. The average molecular weight is 285 g/mol. The van der Waals surface area contributed by atoms with E-state index in [2.05, 4.69) is 5.32 Å². The highest BCUT2D eigenvalue weighted by Crippen LogP contribution is 2.05. The summed E-state index contributed by atoms with van der Waals surface area (Å²) in [6.07, 6.45) is 0.549. The molecule has 21 heavy (non-hydrogen) atoms. The van der Waals surface area contributed by atoms with Crippen molar-refractivity contribution in [2.75, 3.05) is 6.54 Å². The molecule has 0 radical (unpaired) electrons. The zero-order chi connectivity index (χ0) is 15.2. The van der Waals surface area contributed by atoms with Crippen molar-refractivity contribution in [1.29, 1.82) is 0 Å². The van der Waals surface area contributed by atoms with E-state index < -0.39 is 11.7 Å². The third-order valence-electron chi connectivity index (χ3n) is 3.13. The molecule has 0 aliphatic heterocycles. The van der Waals surface area contributed by atoms with Crippen LogP contribution in [0.15, 0.2) is 48.5 Å². The minimum absolute atomic E-state index is 0.294. The van der Waals surface area contributed by atoms with Crippen molar-refractivity contribution in [2.24, 2.45) is 0 Å². The number of aryl methyl sites for hydroxylation is 1. The van der Waals surface area contributed by atoms with Crippen LogP contribution in [0.25, 0.3) is 0 Å². The number of carbonyl (C=O) groups excluding carboxylic acids is 2. The zero-order valence-corrected chi connectivity index (χ0v) is 11.7. The monoisotopic (exact) mass is 285 g/mol. The summed E-state index contributed by atoms with van der Waals surface area (Å²) in [5.41, 5.74) is 2.31. The van der Waals surface area contributed by atoms with Crippen LogP contribution in [0.1, 0.15) is 21.5 Å². The molecule has 0 fully saturated rings. The predicted molar refractivity (Wildman–Crippen MR) is 78.6 cm³/mol. The molecule has 4 heteroatoms. The first kappa shape index (κ1) is 14.9. The molecule has 0 spiro atoms. The molecule has 0 atom stereocenters. The summed E-state index contributed by atoms with van der Waals surface area (Å²) in [7, 11) is 0. The number of hydrogen-bond acceptors (Lipinski definition) is 2. The fourth-order valence-electron chi connectivity index (χ4n) is 1.89. The van der Waals surface area contributed by atoms with Crippen LogP contribution in [0.5, 0.6) is 0 Å². The number of hydrogen-bond donors (Lipinski definition) is 1. The number of amides is 1. The number of nitrogens with one attached hydrogen (secondary N) is 1. The van der Waals surface area contributed by atoms with E-state index in [0.29, 0.717) is 18.5 Å². The lowest BCUT2D eigenvalue weighted by atomic mass is 10.1. The third kappa shape index (κ3) is 4.24. The summed E-state index contributed by atoms with van der Waals surface area (Å²) in [6.45, 7) is 2.25. The molecular weight excluding hydrogens is 269 g/mol. The van der Waals surface area contributed by atoms with E-state index >= 15 is 0 Å². The normalized spacial score (nSPS) is 10.2. The van der Waals surface area contributed by atoms with Crippen LogP contribution in [0.3, 0.4) is 0 Å². The number of benzene rings is 2. The second-order valence-electron chi connectivity index (χ2n) is 4.83. The molecule has 0 saturated carbocycles. The van der Waals surface area contributed by atoms with Crippen molar-refractivity contribution in [2.45, 2.75) is 13.3 Å². The van der Waals surface area contributed by atoms with Crippen LogP contribution in [-0.4, -0.2) is 18.2 Å². The maximum atomic E-state index is 12.7. The lowest BCUT2D eigenvalue weighted by Gasteiger charge is -2.05. The zero-order valence-electron chi connectivity index (χ0n) is 11.7. The van der Waals surface area contributed by atoms with Gasteiger partial charge in [0, 0.05) is 12.1 Å². The molecular formula is C17H16FNO2. The lowest BCUT2D eigenvalue weighted by molar-refractivity contribution is -0.116. The topological polar surface area (TPSA) is 46.2 Å². The van der Waals surface area contributed by atoms with Gasteiger partial charge in [-0.25, -0.2) is 4.39 Å². The Morgan fingerprint density at radius 3 is 2.24 bits per heavy atom. The molecule has 108 valence electrons. The van der Waals surface area contributed by atoms with Gasteiger partial charge in [-0.2, -0.15) is 0 Å². The summed E-state index contributed by atoms with van der Waals surface area (Å²) >= 11 is 0. The Bertz CT molecular complexity index is 633. The largest absolute Gasteiger partial charge is 0.349 e. The number of halogens is 1. The van der Waals surface area contributed by atoms with E-state index in [1.165, 1.54) is 12.1 Å². The van der Waals surface area contributed by atoms with Gasteiger partial charge in [-0.15, -0.1) is 0 Å². The quantitative estimate of drug-likeness (QED) is 0.678. The van der Waals surface area contributed by atoms with Crippen molar-refractivity contribution in [3.8, 4) is 0 Å². The van der Waals surface area contributed by atoms with Crippen LogP contribution in [0.4, 0.5) is 4.39 Å². The van der Waals surface area contributed by atoms with E-state index in [1.807, 2.05) is 6.92 Å². The minimum Gasteiger partial charge on any atom is -0.349 e. The van der Waals surface area contributed by atoms with Gasteiger partial charge < -0.3 is 5.32 Å². The van der Waals surface area contributed by atoms with Gasteiger partial charge in [0.1, 0.15) is 5.82 Å². The Kier molecular flexibility index (Phi) is 4.82. The van der Waals surface area contributed by atoms with E-state index in [9.17, 15) is 14.0 Å². The molecule has 0 aliphatic rings. The highest BCUT2D eigenvalue weighted by Gasteiger charge is 2.15. The van der Waals surface area contributed by atoms with Crippen LogP contribution in [0, 0.1) is 12.7 Å². The smallest absolute Gasteiger partial charge is 0.292 e. The molecule has 0 unspecified atom stereocenters. The first-order chi connectivity index (χ1) is 10.1. The Hall–Kier alpha value is -2.49. The summed E-state index contributed by atoms with van der Waals surface area (Å²) in [4.78, 5) is 23.6. The standard InChI is InChI=1S/C17H16FNO2/c1-12-2-6-14(7-3-12)16(20)17(21)19-11-10-13-4-8-15(18)9-5-13/h2-9H,10-11H2,1H3,(H,19,21). The van der Waals surface area contributed by atoms with Gasteiger partial charge in [0.15, 0.2) is 0 Å². The Balaban J connectivity index is 1.85. The number of ketones is 1. The summed E-state index contributed by atoms with van der Waals surface area (Å²) < 4.78 is 12.7. The molecule has 0 aliphatic carbocycles. The number of rotatable bonds is 5. The second kappa shape index (κ2) is 6.79. The van der Waals surface area contributed by atoms with Crippen molar-refractivity contribution in [3.05, 3.63) is 71.0 Å². The summed E-state index contributed by atoms with van der Waals surface area (Å²) in [5.74, 6) is -1.47. The first-order valence-corrected chi connectivity index (χ1v) is 6.70. The van der Waals surface area contributed by atoms with Gasteiger partial charge in [0.05, 0.1) is 0 Å². The van der Waals surface area contributed by atoms with Gasteiger partial charge in [-0.3, -0.25) is 9.59 Å². The van der Waals surface area contributed by atoms with Gasteiger partial charge >= 0.3 is 0 Å². The molecule has 3 nitrogen and oxygen atoms in total. The predicted octanol–water partition coefficient (Wildman–Crippen LogP) is 2.68. The fraction of sp³-hybridized carbons (Fsp3) is 0.176. The van der Waals surface area contributed by atoms with Crippen LogP contribution in [0.2, 0.25) is 0 Å².